The first-order valence-electron chi connectivity index (χ1n) is 5.73. The van der Waals surface area contributed by atoms with E-state index >= 15 is 0 Å². The molecule has 1 aromatic heterocycles. The van der Waals surface area contributed by atoms with E-state index in [9.17, 15) is 18.5 Å². The molecule has 6 nitrogen and oxygen atoms in total. The summed E-state index contributed by atoms with van der Waals surface area (Å²) in [7, 11) is -2.49. The van der Waals surface area contributed by atoms with Crippen molar-refractivity contribution in [1.29, 1.82) is 0 Å². The Hall–Kier alpha value is -1.64. The summed E-state index contributed by atoms with van der Waals surface area (Å²) in [4.78, 5) is 10.1. The van der Waals surface area contributed by atoms with E-state index in [1.807, 2.05) is 0 Å². The second-order valence-corrected chi connectivity index (χ2v) is 8.09. The number of thiophene rings is 1. The third kappa shape index (κ3) is 2.87. The average molecular weight is 347 g/mol. The first-order valence-corrected chi connectivity index (χ1v) is 8.37. The van der Waals surface area contributed by atoms with Crippen molar-refractivity contribution in [2.75, 3.05) is 11.4 Å². The van der Waals surface area contributed by atoms with Crippen LogP contribution in [-0.2, 0) is 10.0 Å². The highest BCUT2D eigenvalue weighted by Crippen LogP contribution is 2.38. The van der Waals surface area contributed by atoms with Gasteiger partial charge >= 0.3 is 0 Å². The molecule has 0 bridgehead atoms. The predicted octanol–water partition coefficient (Wildman–Crippen LogP) is 3.44. The lowest BCUT2D eigenvalue weighted by molar-refractivity contribution is -0.384. The quantitative estimate of drug-likeness (QED) is 0.627. The molecule has 0 atom stereocenters. The second-order valence-electron chi connectivity index (χ2n) is 4.24. The Kier molecular flexibility index (Phi) is 4.22. The second kappa shape index (κ2) is 5.63. The summed E-state index contributed by atoms with van der Waals surface area (Å²) in [5.74, 6) is 0. The Morgan fingerprint density at radius 3 is 2.48 bits per heavy atom. The molecule has 0 spiro atoms. The maximum atomic E-state index is 12.5. The number of nitro groups is 1. The maximum Gasteiger partial charge on any atom is 0.300 e. The number of anilines is 1. The van der Waals surface area contributed by atoms with Crippen molar-refractivity contribution >= 4 is 44.3 Å². The molecular formula is C12H11ClN2O4S2. The minimum absolute atomic E-state index is 0.156. The van der Waals surface area contributed by atoms with Crippen LogP contribution in [0.15, 0.2) is 34.5 Å². The zero-order valence-corrected chi connectivity index (χ0v) is 13.5. The zero-order chi connectivity index (χ0) is 15.8. The van der Waals surface area contributed by atoms with Gasteiger partial charge in [0.2, 0.25) is 0 Å². The average Bonchev–Trinajstić information content (AvgIpc) is 2.81. The van der Waals surface area contributed by atoms with Gasteiger partial charge in [0.05, 0.1) is 10.6 Å². The predicted molar refractivity (Wildman–Crippen MR) is 82.8 cm³/mol. The van der Waals surface area contributed by atoms with Gasteiger partial charge in [0.1, 0.15) is 4.21 Å². The number of hydrogen-bond acceptors (Lipinski definition) is 5. The largest absolute Gasteiger partial charge is 0.300 e. The third-order valence-corrected chi connectivity index (χ3v) is 6.47. The molecule has 0 unspecified atom stereocenters. The number of halogens is 1. The van der Waals surface area contributed by atoms with E-state index in [2.05, 4.69) is 0 Å². The van der Waals surface area contributed by atoms with Crippen molar-refractivity contribution in [3.63, 3.8) is 0 Å². The van der Waals surface area contributed by atoms with Gasteiger partial charge in [0, 0.05) is 13.1 Å². The van der Waals surface area contributed by atoms with E-state index in [0.29, 0.717) is 17.0 Å². The van der Waals surface area contributed by atoms with Gasteiger partial charge in [-0.3, -0.25) is 14.4 Å². The van der Waals surface area contributed by atoms with Gasteiger partial charge in [0.25, 0.3) is 15.7 Å². The van der Waals surface area contributed by atoms with Gasteiger partial charge in [-0.15, -0.1) is 11.3 Å². The highest BCUT2D eigenvalue weighted by Gasteiger charge is 2.29. The molecule has 9 heteroatoms. The molecule has 0 aliphatic rings. The van der Waals surface area contributed by atoms with Gasteiger partial charge in [0.15, 0.2) is 4.34 Å². The van der Waals surface area contributed by atoms with Crippen LogP contribution < -0.4 is 4.31 Å². The molecule has 0 aliphatic carbocycles. The number of para-hydroxylation sites is 1. The number of sulfonamides is 1. The fraction of sp³-hybridized carbons (Fsp3) is 0.167. The van der Waals surface area contributed by atoms with Crippen LogP contribution in [0.2, 0.25) is 4.34 Å². The van der Waals surface area contributed by atoms with Crippen molar-refractivity contribution in [3.8, 4) is 0 Å². The molecule has 0 N–H and O–H groups in total. The van der Waals surface area contributed by atoms with Gasteiger partial charge in [-0.2, -0.15) is 0 Å². The maximum absolute atomic E-state index is 12.5. The van der Waals surface area contributed by atoms with E-state index in [1.54, 1.807) is 31.2 Å². The van der Waals surface area contributed by atoms with Crippen molar-refractivity contribution in [3.05, 3.63) is 50.3 Å². The third-order valence-electron chi connectivity index (χ3n) is 2.91. The number of nitrogens with zero attached hydrogens (tertiary/aromatic N) is 2. The van der Waals surface area contributed by atoms with Crippen LogP contribution in [0.3, 0.4) is 0 Å². The van der Waals surface area contributed by atoms with E-state index in [4.69, 9.17) is 11.6 Å². The van der Waals surface area contributed by atoms with Crippen LogP contribution in [0, 0.1) is 17.0 Å². The summed E-state index contributed by atoms with van der Waals surface area (Å²) >= 11 is 6.39. The minimum Gasteiger partial charge on any atom is -0.268 e. The van der Waals surface area contributed by atoms with E-state index in [0.717, 1.165) is 15.9 Å². The van der Waals surface area contributed by atoms with Gasteiger partial charge in [-0.05, 0) is 18.6 Å². The Bertz CT molecular complexity index is 801. The summed E-state index contributed by atoms with van der Waals surface area (Å²) in [5, 5.41) is 10.8. The number of rotatable bonds is 4. The molecule has 0 fully saturated rings. The van der Waals surface area contributed by atoms with Gasteiger partial charge in [-0.25, -0.2) is 8.42 Å². The fourth-order valence-corrected chi connectivity index (χ4v) is 4.87. The molecule has 21 heavy (non-hydrogen) atoms. The van der Waals surface area contributed by atoms with Crippen LogP contribution in [0.5, 0.6) is 0 Å². The summed E-state index contributed by atoms with van der Waals surface area (Å²) in [6, 6.07) is 7.95. The molecule has 1 heterocycles. The summed E-state index contributed by atoms with van der Waals surface area (Å²) in [5.41, 5.74) is 0.879. The summed E-state index contributed by atoms with van der Waals surface area (Å²) < 4.78 is 25.8. The highest BCUT2D eigenvalue weighted by atomic mass is 35.5. The molecule has 0 radical (unpaired) electrons. The Balaban J connectivity index is 2.50. The van der Waals surface area contributed by atoms with E-state index in [-0.39, 0.29) is 8.55 Å². The lowest BCUT2D eigenvalue weighted by Crippen LogP contribution is -2.26. The van der Waals surface area contributed by atoms with Crippen molar-refractivity contribution in [2.45, 2.75) is 11.1 Å². The molecule has 0 saturated heterocycles. The topological polar surface area (TPSA) is 80.5 Å². The van der Waals surface area contributed by atoms with Crippen molar-refractivity contribution in [1.82, 2.24) is 0 Å². The Labute approximate surface area is 130 Å². The van der Waals surface area contributed by atoms with E-state index < -0.39 is 20.6 Å². The van der Waals surface area contributed by atoms with Gasteiger partial charge in [-0.1, -0.05) is 29.8 Å². The molecule has 2 aromatic rings. The van der Waals surface area contributed by atoms with Crippen LogP contribution in [-0.4, -0.2) is 20.4 Å². The fourth-order valence-electron chi connectivity index (χ4n) is 1.77. The van der Waals surface area contributed by atoms with Gasteiger partial charge < -0.3 is 0 Å². The van der Waals surface area contributed by atoms with E-state index in [1.165, 1.54) is 7.05 Å². The van der Waals surface area contributed by atoms with Crippen LogP contribution in [0.1, 0.15) is 5.56 Å². The molecule has 0 aliphatic heterocycles. The Morgan fingerprint density at radius 1 is 1.33 bits per heavy atom. The monoisotopic (exact) mass is 346 g/mol. The highest BCUT2D eigenvalue weighted by molar-refractivity contribution is 7.94. The normalized spacial score (nSPS) is 11.4. The summed E-state index contributed by atoms with van der Waals surface area (Å²) in [6.45, 7) is 1.78. The molecule has 2 rings (SSSR count). The molecule has 112 valence electrons. The van der Waals surface area contributed by atoms with Crippen LogP contribution >= 0.6 is 22.9 Å². The lowest BCUT2D eigenvalue weighted by atomic mass is 10.2. The van der Waals surface area contributed by atoms with Crippen LogP contribution in [0.4, 0.5) is 11.4 Å². The summed E-state index contributed by atoms with van der Waals surface area (Å²) in [6.07, 6.45) is 0. The van der Waals surface area contributed by atoms with Crippen molar-refractivity contribution < 1.29 is 13.3 Å². The minimum atomic E-state index is -3.89. The van der Waals surface area contributed by atoms with Crippen molar-refractivity contribution in [2.24, 2.45) is 0 Å². The lowest BCUT2D eigenvalue weighted by Gasteiger charge is -2.20. The zero-order valence-electron chi connectivity index (χ0n) is 11.1. The molecule has 0 saturated carbocycles. The SMILES string of the molecule is Cc1ccccc1N(C)S(=O)(=O)c1cc([N+](=O)[O-])c(Cl)s1. The number of hydrogen-bond donors (Lipinski definition) is 0. The number of benzene rings is 1. The smallest absolute Gasteiger partial charge is 0.268 e. The first kappa shape index (κ1) is 15.7. The Morgan fingerprint density at radius 2 is 1.95 bits per heavy atom. The standard InChI is InChI=1S/C12H11ClN2O4S2/c1-8-5-3-4-6-9(8)14(2)21(18,19)11-7-10(15(16)17)12(13)20-11/h3-7H,1-2H3. The molecule has 1 aromatic carbocycles. The molecule has 0 amide bonds. The molecular weight excluding hydrogens is 336 g/mol. The first-order chi connectivity index (χ1) is 9.75. The number of aryl methyl sites for hydroxylation is 1. The van der Waals surface area contributed by atoms with Crippen LogP contribution in [0.25, 0.3) is 0 Å².